The maximum absolute atomic E-state index is 14.3. The number of ketones is 3. The van der Waals surface area contributed by atoms with Crippen LogP contribution in [0.25, 0.3) is 0 Å². The highest BCUT2D eigenvalue weighted by Crippen LogP contribution is 2.47. The molecule has 28 heteroatoms. The number of hydrogen-bond donors (Lipinski definition) is 5. The molecule has 2 unspecified atom stereocenters. The van der Waals surface area contributed by atoms with Gasteiger partial charge in [-0.3, -0.25) is 38.8 Å². The van der Waals surface area contributed by atoms with E-state index in [0.717, 1.165) is 266 Å². The van der Waals surface area contributed by atoms with E-state index in [2.05, 4.69) is 90.3 Å². The highest BCUT2D eigenvalue weighted by molar-refractivity contribution is 5.85. The maximum atomic E-state index is 14.3. The average molecular weight is 2000 g/mol. The number of aryl methyl sites for hydroxylation is 7. The van der Waals surface area contributed by atoms with Crippen molar-refractivity contribution in [1.29, 1.82) is 0 Å². The van der Waals surface area contributed by atoms with E-state index in [9.17, 15) is 37.5 Å². The number of carboxylic acids is 1. The van der Waals surface area contributed by atoms with Crippen molar-refractivity contribution in [2.45, 2.75) is 282 Å². The molecule has 25 nitrogen and oxygen atoms in total. The topological polar surface area (TPSA) is 275 Å². The third-order valence-electron chi connectivity index (χ3n) is 30.5. The van der Waals surface area contributed by atoms with Crippen LogP contribution in [0.5, 0.6) is 28.7 Å². The fourth-order valence-electron chi connectivity index (χ4n) is 22.2. The number of carbonyl (C=O) groups excluding carboxylic acids is 3. The van der Waals surface area contributed by atoms with Crippen molar-refractivity contribution >= 4 is 46.6 Å². The fraction of sp³-hybridized carbons (Fsp3) is 0.590. The molecule has 4 saturated heterocycles. The zero-order valence-electron chi connectivity index (χ0n) is 87.1. The van der Waals surface area contributed by atoms with Crippen LogP contribution in [0.3, 0.4) is 0 Å². The van der Waals surface area contributed by atoms with Gasteiger partial charge in [0.15, 0.2) is 17.3 Å². The quantitative estimate of drug-likeness (QED) is 0.0222. The van der Waals surface area contributed by atoms with Crippen molar-refractivity contribution in [1.82, 2.24) is 39.5 Å². The Morgan fingerprint density at radius 3 is 1.26 bits per heavy atom. The van der Waals surface area contributed by atoms with Gasteiger partial charge >= 0.3 is 5.97 Å². The number of halogens is 3. The first-order valence-electron chi connectivity index (χ1n) is 54.4. The van der Waals surface area contributed by atoms with E-state index >= 15 is 0 Å². The Balaban J connectivity index is 0.000000145. The predicted octanol–water partition coefficient (Wildman–Crippen LogP) is 21.5. The molecule has 10 aliphatic rings. The standard InChI is InChI=1S/C31H42FN3O4.C29H40FN3O3.C29H38FN3O2.C28H39N3O4/c1-21(36)29(26-17-22(32)9-10-27(26)39-20-31(2)12-13-31)35-15-11-24(19-35)38-16-5-4-7-23-18-28(37-3)25-8-6-14-33-30(25)34-23;1-21(34)28(26-19-24(30)11-13-27(26)36-18-17-35-2)33-16-14-22(20-33)7-4-3-5-9-25-12-10-23-8-6-15-31-29(23)32-25;1-20(34)28(26-18-23(30)10-14-27(26)35-25-12-13-25)33-17-15-21(19-33)6-3-2-4-8-24-11-9-22-7-5-16-31-29(22)32-24;1-34-18-19-35-25-12-6-5-11-24(25)26(28(32)33)31-17-15-21(20-31)8-3-2-4-10-23-14-13-22-9-7-16-29-27(22)30-23/h9-10,17-18,24,29H,4-8,11-16,19-20H2,1-3H3,(H,33,34);10-13,19,22,28H,3-9,14-18,20H2,1-2H3,(H,31,32);9-11,14,18,21,25,28H,2-8,12-13,15-17,19H2,1H3,(H,31,32);5-6,11-14,21,26H,2-4,7-10,15-20H2,1H3,(H,29,30)(H,32,33)/t24-,29+;22-,28?;21-,28?;21-,26+/m1111/s1. The van der Waals surface area contributed by atoms with Gasteiger partial charge in [-0.1, -0.05) is 81.8 Å². The molecule has 2 saturated carbocycles. The number of methoxy groups -OCH3 is 3. The third-order valence-corrected chi connectivity index (χ3v) is 30.5. The van der Waals surface area contributed by atoms with Crippen molar-refractivity contribution in [3.8, 4) is 28.7 Å². The van der Waals surface area contributed by atoms with E-state index < -0.39 is 30.1 Å². The van der Waals surface area contributed by atoms with E-state index in [-0.39, 0.29) is 52.4 Å². The molecule has 8 aromatic rings. The summed E-state index contributed by atoms with van der Waals surface area (Å²) in [5, 5.41) is 23.7. The summed E-state index contributed by atoms with van der Waals surface area (Å²) in [5.41, 5.74) is 12.7. The molecule has 4 aromatic heterocycles. The number of rotatable bonds is 50. The molecule has 8 aliphatic heterocycles. The lowest BCUT2D eigenvalue weighted by Gasteiger charge is -2.28. The molecule has 145 heavy (non-hydrogen) atoms. The number of ether oxygens (including phenoxy) is 8. The SMILES string of the molecule is CC(=O)C(c1cc(F)ccc1OC1CC1)N1CC[C@@H](CCCCCc2ccc3c(n2)NCCC3)C1.COCCOc1ccc(F)cc1C(C(C)=O)N1CC[C@@H](CCCCCc2ccc3c(n2)NCCC3)C1.COCCOc1ccccc1[C@@H](C(=O)O)N1CC[C@@H](CCCCCc2ccc3c(n2)NCCC3)C1.COc1cc(CCCCO[C@@H]2CCN([C@@H](C(C)=O)c3cc(F)ccc3OCC3(C)CC3)C2)nc2c1CCCN2. The molecule has 2 aliphatic carbocycles. The molecule has 4 aromatic carbocycles. The number of aliphatic carboxylic acids is 1. The number of aromatic nitrogens is 4. The number of nitrogens with one attached hydrogen (secondary N) is 4. The van der Waals surface area contributed by atoms with E-state index in [1.807, 2.05) is 24.3 Å². The molecule has 0 radical (unpaired) electrons. The van der Waals surface area contributed by atoms with Gasteiger partial charge in [0.1, 0.15) is 88.7 Å². The minimum absolute atomic E-state index is 0.00815. The van der Waals surface area contributed by atoms with Crippen LogP contribution in [0.2, 0.25) is 0 Å². The van der Waals surface area contributed by atoms with Gasteiger partial charge in [-0.05, 0) is 333 Å². The minimum atomic E-state index is -0.819. The summed E-state index contributed by atoms with van der Waals surface area (Å²) in [6.07, 6.45) is 37.6. The number of likely N-dealkylation sites (tertiary alicyclic amines) is 4. The number of unbranched alkanes of at least 4 members (excludes halogenated alkanes) is 7. The van der Waals surface area contributed by atoms with Crippen LogP contribution in [0.1, 0.15) is 286 Å². The van der Waals surface area contributed by atoms with Crippen molar-refractivity contribution < 1.29 is 75.4 Å². The van der Waals surface area contributed by atoms with Crippen LogP contribution in [-0.4, -0.2) is 220 Å². The van der Waals surface area contributed by atoms with Gasteiger partial charge in [0.05, 0.1) is 57.3 Å². The van der Waals surface area contributed by atoms with Gasteiger partial charge in [0.2, 0.25) is 0 Å². The smallest absolute Gasteiger partial charge is 0.325 e. The highest BCUT2D eigenvalue weighted by atomic mass is 19.1. The van der Waals surface area contributed by atoms with Crippen LogP contribution in [0, 0.1) is 40.6 Å². The molecular formula is C117H159F3N12O13. The first kappa shape index (κ1) is 109. The molecule has 8 atom stereocenters. The average Bonchev–Trinajstić information content (AvgIpc) is 1.69. The highest BCUT2D eigenvalue weighted by Gasteiger charge is 2.42. The van der Waals surface area contributed by atoms with Crippen LogP contribution < -0.4 is 45.0 Å². The first-order valence-corrected chi connectivity index (χ1v) is 54.4. The molecule has 0 amide bonds. The Labute approximate surface area is 857 Å². The zero-order valence-corrected chi connectivity index (χ0v) is 87.1. The molecule has 786 valence electrons. The fourth-order valence-corrected chi connectivity index (χ4v) is 22.2. The van der Waals surface area contributed by atoms with Crippen LogP contribution in [0.4, 0.5) is 36.4 Å². The number of carboxylic acid groups (broad SMARTS) is 1. The van der Waals surface area contributed by atoms with Crippen LogP contribution >= 0.6 is 0 Å². The Bertz CT molecular complexity index is 5500. The second kappa shape index (κ2) is 55.1. The largest absolute Gasteiger partial charge is 0.496 e. The first-order chi connectivity index (χ1) is 70.6. The van der Waals surface area contributed by atoms with E-state index in [1.54, 1.807) is 60.3 Å². The second-order valence-electron chi connectivity index (χ2n) is 42.1. The summed E-state index contributed by atoms with van der Waals surface area (Å²) in [5.74, 6) is 7.54. The van der Waals surface area contributed by atoms with Crippen molar-refractivity contribution in [2.24, 2.45) is 23.2 Å². The Morgan fingerprint density at radius 1 is 0.400 bits per heavy atom. The summed E-state index contributed by atoms with van der Waals surface area (Å²) < 4.78 is 88.3. The molecule has 18 rings (SSSR count). The summed E-state index contributed by atoms with van der Waals surface area (Å²) >= 11 is 0. The number of benzene rings is 4. The minimum Gasteiger partial charge on any atom is -0.496 e. The van der Waals surface area contributed by atoms with E-state index in [4.69, 9.17) is 57.8 Å². The van der Waals surface area contributed by atoms with Gasteiger partial charge in [-0.25, -0.2) is 33.1 Å². The van der Waals surface area contributed by atoms with Gasteiger partial charge in [-0.15, -0.1) is 0 Å². The third kappa shape index (κ3) is 32.1. The normalized spacial score (nSPS) is 19.7. The number of hydrogen-bond acceptors (Lipinski definition) is 24. The number of carbonyl (C=O) groups is 4. The maximum Gasteiger partial charge on any atom is 0.325 e. The molecule has 0 spiro atoms. The van der Waals surface area contributed by atoms with Crippen molar-refractivity contribution in [2.75, 3.05) is 161 Å². The summed E-state index contributed by atoms with van der Waals surface area (Å²) in [4.78, 5) is 78.4. The molecule has 12 heterocycles. The van der Waals surface area contributed by atoms with Crippen LogP contribution in [-0.2, 0) is 84.8 Å². The Hall–Kier alpha value is -10.3. The molecule has 0 bridgehead atoms. The number of nitrogens with zero attached hydrogens (tertiary/aromatic N) is 8. The zero-order chi connectivity index (χ0) is 101. The summed E-state index contributed by atoms with van der Waals surface area (Å²) in [6.45, 7) is 20.4. The van der Waals surface area contributed by atoms with Gasteiger partial charge in [0, 0.05) is 142 Å². The summed E-state index contributed by atoms with van der Waals surface area (Å²) in [6, 6.07) is 34.3. The van der Waals surface area contributed by atoms with E-state index in [1.165, 1.54) is 140 Å². The van der Waals surface area contributed by atoms with Gasteiger partial charge in [-0.2, -0.15) is 0 Å². The monoisotopic (exact) mass is 2000 g/mol. The lowest BCUT2D eigenvalue weighted by Crippen LogP contribution is -2.33. The second-order valence-corrected chi connectivity index (χ2v) is 42.1. The number of fused-ring (bicyclic) bond motifs is 4. The molecule has 6 fully saturated rings. The predicted molar refractivity (Wildman–Crippen MR) is 563 cm³/mol. The van der Waals surface area contributed by atoms with Gasteiger partial charge < -0.3 is 64.3 Å². The lowest BCUT2D eigenvalue weighted by molar-refractivity contribution is -0.143. The Kier molecular flexibility index (Phi) is 41.4. The van der Waals surface area contributed by atoms with E-state index in [0.29, 0.717) is 104 Å². The van der Waals surface area contributed by atoms with Crippen molar-refractivity contribution in [3.63, 3.8) is 0 Å². The number of anilines is 4. The number of para-hydroxylation sites is 1. The summed E-state index contributed by atoms with van der Waals surface area (Å²) in [7, 11) is 4.96. The molecular weight excluding hydrogens is 1840 g/mol. The number of pyridine rings is 4. The van der Waals surface area contributed by atoms with Gasteiger partial charge in [0.25, 0.3) is 0 Å². The Morgan fingerprint density at radius 2 is 0.807 bits per heavy atom. The number of Topliss-reactive ketones (excluding diaryl/α,β-unsaturated/α-hetero) is 3. The van der Waals surface area contributed by atoms with Crippen molar-refractivity contribution in [3.05, 3.63) is 206 Å². The molecule has 5 N–H and O–H groups in total. The lowest BCUT2D eigenvalue weighted by atomic mass is 9.98. The van der Waals surface area contributed by atoms with Crippen LogP contribution in [0.15, 0.2) is 121 Å².